The summed E-state index contributed by atoms with van der Waals surface area (Å²) in [5.41, 5.74) is 7.09. The molecule has 0 radical (unpaired) electrons. The number of nitrogens with one attached hydrogen (secondary N) is 1. The second-order valence-corrected chi connectivity index (χ2v) is 7.13. The molecule has 0 aliphatic heterocycles. The summed E-state index contributed by atoms with van der Waals surface area (Å²) in [7, 11) is 0. The molecule has 1 aromatic rings. The minimum Gasteiger partial charge on any atom is -0.398 e. The minimum atomic E-state index is -0.179. The molecule has 0 spiro atoms. The average Bonchev–Trinajstić information content (AvgIpc) is 2.83. The molecule has 3 nitrogen and oxygen atoms in total. The Bertz CT molecular complexity index is 493. The van der Waals surface area contributed by atoms with Crippen molar-refractivity contribution in [2.75, 3.05) is 11.1 Å². The van der Waals surface area contributed by atoms with E-state index in [9.17, 15) is 4.79 Å². The quantitative estimate of drug-likeness (QED) is 0.789. The predicted molar refractivity (Wildman–Crippen MR) is 87.5 cm³/mol. The third kappa shape index (κ3) is 3.35. The number of rotatable bonds is 4. The van der Waals surface area contributed by atoms with Crippen LogP contribution in [0, 0.1) is 11.3 Å². The Morgan fingerprint density at radius 3 is 2.60 bits per heavy atom. The van der Waals surface area contributed by atoms with Crippen LogP contribution in [0.3, 0.4) is 0 Å². The number of nitrogens with two attached hydrogens (primary N) is 1. The van der Waals surface area contributed by atoms with Gasteiger partial charge in [0.05, 0.1) is 0 Å². The van der Waals surface area contributed by atoms with Crippen molar-refractivity contribution in [2.24, 2.45) is 11.3 Å². The molecule has 0 bridgehead atoms. The zero-order valence-corrected chi connectivity index (χ0v) is 13.8. The maximum Gasteiger partial charge on any atom is 0.230 e. The van der Waals surface area contributed by atoms with Crippen molar-refractivity contribution in [2.45, 2.75) is 46.0 Å². The van der Waals surface area contributed by atoms with Gasteiger partial charge in [-0.05, 0) is 59.3 Å². The van der Waals surface area contributed by atoms with Gasteiger partial charge < -0.3 is 11.1 Å². The molecule has 0 heterocycles. The molecule has 110 valence electrons. The molecule has 0 saturated heterocycles. The summed E-state index contributed by atoms with van der Waals surface area (Å²) in [5.74, 6) is 0.706. The second-order valence-electron chi connectivity index (χ2n) is 6.28. The first kappa shape index (κ1) is 15.4. The number of carbonyl (C=O) groups is 1. The topological polar surface area (TPSA) is 55.1 Å². The Hall–Kier alpha value is -1.03. The van der Waals surface area contributed by atoms with E-state index < -0.39 is 0 Å². The largest absolute Gasteiger partial charge is 0.398 e. The second kappa shape index (κ2) is 6.17. The van der Waals surface area contributed by atoms with Gasteiger partial charge in [0.2, 0.25) is 5.91 Å². The van der Waals surface area contributed by atoms with Crippen LogP contribution < -0.4 is 11.1 Å². The van der Waals surface area contributed by atoms with Crippen LogP contribution in [0.4, 0.5) is 11.4 Å². The molecule has 2 rings (SSSR count). The van der Waals surface area contributed by atoms with Crippen molar-refractivity contribution in [3.8, 4) is 0 Å². The van der Waals surface area contributed by atoms with Crippen molar-refractivity contribution >= 4 is 33.2 Å². The Balaban J connectivity index is 2.14. The highest BCUT2D eigenvalue weighted by Gasteiger charge is 2.41. The predicted octanol–water partition coefficient (Wildman–Crippen LogP) is 4.58. The highest BCUT2D eigenvalue weighted by atomic mass is 79.9. The fraction of sp³-hybridized carbons (Fsp3) is 0.562. The first-order valence-corrected chi connectivity index (χ1v) is 8.09. The fourth-order valence-electron chi connectivity index (χ4n) is 3.23. The molecule has 0 unspecified atom stereocenters. The Morgan fingerprint density at radius 1 is 1.40 bits per heavy atom. The van der Waals surface area contributed by atoms with Crippen molar-refractivity contribution in [3.63, 3.8) is 0 Å². The van der Waals surface area contributed by atoms with E-state index in [0.717, 1.165) is 42.3 Å². The smallest absolute Gasteiger partial charge is 0.230 e. The van der Waals surface area contributed by atoms with Gasteiger partial charge in [-0.3, -0.25) is 4.79 Å². The molecular weight excluding hydrogens is 316 g/mol. The number of hydrogen-bond donors (Lipinski definition) is 2. The number of amides is 1. The van der Waals surface area contributed by atoms with Gasteiger partial charge in [-0.2, -0.15) is 0 Å². The number of hydrogen-bond acceptors (Lipinski definition) is 2. The molecule has 20 heavy (non-hydrogen) atoms. The van der Waals surface area contributed by atoms with Gasteiger partial charge in [0.1, 0.15) is 0 Å². The first-order valence-electron chi connectivity index (χ1n) is 7.29. The van der Waals surface area contributed by atoms with E-state index in [1.165, 1.54) is 0 Å². The number of benzene rings is 1. The summed E-state index contributed by atoms with van der Waals surface area (Å²) in [6.45, 7) is 4.38. The normalized spacial score (nSPS) is 17.4. The monoisotopic (exact) mass is 338 g/mol. The molecule has 1 saturated carbocycles. The molecule has 3 N–H and O–H groups in total. The SMILES string of the molecule is CC(C)CC1(C(=O)Nc2ccc(N)c(Br)c2)CCCC1. The molecule has 1 aliphatic rings. The van der Waals surface area contributed by atoms with Crippen molar-refractivity contribution in [1.29, 1.82) is 0 Å². The van der Waals surface area contributed by atoms with Crippen LogP contribution in [0.15, 0.2) is 22.7 Å². The van der Waals surface area contributed by atoms with Crippen LogP contribution in [0.5, 0.6) is 0 Å². The lowest BCUT2D eigenvalue weighted by molar-refractivity contribution is -0.126. The third-order valence-electron chi connectivity index (χ3n) is 4.10. The van der Waals surface area contributed by atoms with Crippen LogP contribution in [-0.2, 0) is 4.79 Å². The maximum atomic E-state index is 12.7. The first-order chi connectivity index (χ1) is 9.43. The molecule has 0 atom stereocenters. The molecule has 1 aliphatic carbocycles. The van der Waals surface area contributed by atoms with Crippen molar-refractivity contribution in [3.05, 3.63) is 22.7 Å². The van der Waals surface area contributed by atoms with Crippen LogP contribution in [0.1, 0.15) is 46.0 Å². The van der Waals surface area contributed by atoms with E-state index in [-0.39, 0.29) is 11.3 Å². The summed E-state index contributed by atoms with van der Waals surface area (Å²) in [6.07, 6.45) is 5.30. The van der Waals surface area contributed by atoms with Gasteiger partial charge in [0.25, 0.3) is 0 Å². The van der Waals surface area contributed by atoms with E-state index in [1.54, 1.807) is 0 Å². The molecule has 1 amide bonds. The minimum absolute atomic E-state index is 0.167. The molecule has 1 fully saturated rings. The van der Waals surface area contributed by atoms with Crippen LogP contribution in [-0.4, -0.2) is 5.91 Å². The number of nitrogen functional groups attached to an aromatic ring is 1. The van der Waals surface area contributed by atoms with Crippen LogP contribution in [0.2, 0.25) is 0 Å². The van der Waals surface area contributed by atoms with Crippen molar-refractivity contribution < 1.29 is 4.79 Å². The molecule has 4 heteroatoms. The van der Waals surface area contributed by atoms with E-state index in [0.29, 0.717) is 11.6 Å². The van der Waals surface area contributed by atoms with Crippen LogP contribution in [0.25, 0.3) is 0 Å². The number of carbonyl (C=O) groups excluding carboxylic acids is 1. The summed E-state index contributed by atoms with van der Waals surface area (Å²) in [5, 5.41) is 3.07. The summed E-state index contributed by atoms with van der Waals surface area (Å²) in [4.78, 5) is 12.7. The lowest BCUT2D eigenvalue weighted by Crippen LogP contribution is -2.35. The zero-order valence-electron chi connectivity index (χ0n) is 12.2. The standard InChI is InChI=1S/C16H23BrN2O/c1-11(2)10-16(7-3-4-8-16)15(20)19-12-5-6-14(18)13(17)9-12/h5-6,9,11H,3-4,7-8,10,18H2,1-2H3,(H,19,20). The van der Waals surface area contributed by atoms with E-state index in [2.05, 4.69) is 35.1 Å². The highest BCUT2D eigenvalue weighted by molar-refractivity contribution is 9.10. The molecule has 1 aromatic carbocycles. The number of halogens is 1. The fourth-order valence-corrected chi connectivity index (χ4v) is 3.60. The van der Waals surface area contributed by atoms with Gasteiger partial charge in [0, 0.05) is 21.3 Å². The summed E-state index contributed by atoms with van der Waals surface area (Å²) < 4.78 is 0.819. The highest BCUT2D eigenvalue weighted by Crippen LogP contribution is 2.44. The Morgan fingerprint density at radius 2 is 2.05 bits per heavy atom. The maximum absolute atomic E-state index is 12.7. The van der Waals surface area contributed by atoms with E-state index in [1.807, 2.05) is 18.2 Å². The third-order valence-corrected chi connectivity index (χ3v) is 4.79. The van der Waals surface area contributed by atoms with Gasteiger partial charge in [-0.15, -0.1) is 0 Å². The Kier molecular flexibility index (Phi) is 4.74. The lowest BCUT2D eigenvalue weighted by atomic mass is 9.77. The van der Waals surface area contributed by atoms with Crippen LogP contribution >= 0.6 is 15.9 Å². The van der Waals surface area contributed by atoms with Gasteiger partial charge in [0.15, 0.2) is 0 Å². The van der Waals surface area contributed by atoms with E-state index in [4.69, 9.17) is 5.73 Å². The van der Waals surface area contributed by atoms with Crippen molar-refractivity contribution in [1.82, 2.24) is 0 Å². The molecular formula is C16H23BrN2O. The van der Waals surface area contributed by atoms with Gasteiger partial charge in [-0.1, -0.05) is 26.7 Å². The summed E-state index contributed by atoms with van der Waals surface area (Å²) in [6, 6.07) is 5.53. The number of anilines is 2. The lowest BCUT2D eigenvalue weighted by Gasteiger charge is -2.29. The van der Waals surface area contributed by atoms with E-state index >= 15 is 0 Å². The average molecular weight is 339 g/mol. The molecule has 0 aromatic heterocycles. The summed E-state index contributed by atoms with van der Waals surface area (Å²) >= 11 is 3.40. The Labute approximate surface area is 129 Å². The van der Waals surface area contributed by atoms with Gasteiger partial charge >= 0.3 is 0 Å². The van der Waals surface area contributed by atoms with Gasteiger partial charge in [-0.25, -0.2) is 0 Å². The zero-order chi connectivity index (χ0) is 14.8.